The largest absolute Gasteiger partial charge is 0.314 e. The van der Waals surface area contributed by atoms with Gasteiger partial charge in [-0.1, -0.05) is 33.6 Å². The molecule has 19 heavy (non-hydrogen) atoms. The van der Waals surface area contributed by atoms with Gasteiger partial charge < -0.3 is 5.32 Å². The Hall–Kier alpha value is -0.130. The summed E-state index contributed by atoms with van der Waals surface area (Å²) in [5.74, 6) is 0.229. The zero-order chi connectivity index (χ0) is 14.4. The molecular weight excluding hydrogens is 260 g/mol. The summed E-state index contributed by atoms with van der Waals surface area (Å²) < 4.78 is 26.7. The molecule has 5 heteroatoms. The standard InChI is InChI=1S/C14H30N2O2S/c1-4-14(8-5-6-9-14)12-16-19(17,18)11-7-10-15-13(2)3/h13,15-16H,4-12H2,1-3H3. The van der Waals surface area contributed by atoms with Crippen LogP contribution in [0.3, 0.4) is 0 Å². The van der Waals surface area contributed by atoms with Crippen molar-refractivity contribution in [3.8, 4) is 0 Å². The summed E-state index contributed by atoms with van der Waals surface area (Å²) in [4.78, 5) is 0. The lowest BCUT2D eigenvalue weighted by atomic mass is 9.84. The molecule has 0 aromatic rings. The predicted octanol–water partition coefficient (Wildman–Crippen LogP) is 2.26. The van der Waals surface area contributed by atoms with E-state index in [1.54, 1.807) is 0 Å². The van der Waals surface area contributed by atoms with Crippen molar-refractivity contribution in [1.82, 2.24) is 10.0 Å². The quantitative estimate of drug-likeness (QED) is 0.640. The molecule has 0 aliphatic heterocycles. The van der Waals surface area contributed by atoms with E-state index < -0.39 is 10.0 Å². The lowest BCUT2D eigenvalue weighted by Gasteiger charge is -2.27. The SMILES string of the molecule is CCC1(CNS(=O)(=O)CCCNC(C)C)CCCC1. The van der Waals surface area contributed by atoms with Crippen LogP contribution in [-0.2, 0) is 10.0 Å². The highest BCUT2D eigenvalue weighted by atomic mass is 32.2. The van der Waals surface area contributed by atoms with Gasteiger partial charge in [-0.05, 0) is 37.6 Å². The first-order chi connectivity index (χ1) is 8.89. The molecule has 114 valence electrons. The van der Waals surface area contributed by atoms with Crippen LogP contribution < -0.4 is 10.0 Å². The van der Waals surface area contributed by atoms with Crippen molar-refractivity contribution in [1.29, 1.82) is 0 Å². The molecule has 0 bridgehead atoms. The number of sulfonamides is 1. The van der Waals surface area contributed by atoms with E-state index in [9.17, 15) is 8.42 Å². The Morgan fingerprint density at radius 3 is 2.37 bits per heavy atom. The minimum atomic E-state index is -3.11. The summed E-state index contributed by atoms with van der Waals surface area (Å²) >= 11 is 0. The van der Waals surface area contributed by atoms with Crippen LogP contribution in [0, 0.1) is 5.41 Å². The van der Waals surface area contributed by atoms with Gasteiger partial charge in [0.25, 0.3) is 0 Å². The maximum absolute atomic E-state index is 12.0. The van der Waals surface area contributed by atoms with E-state index in [1.165, 1.54) is 25.7 Å². The number of rotatable bonds is 9. The van der Waals surface area contributed by atoms with Crippen LogP contribution in [0.25, 0.3) is 0 Å². The Balaban J connectivity index is 2.30. The Kier molecular flexibility index (Phi) is 6.77. The average molecular weight is 290 g/mol. The molecule has 0 heterocycles. The summed E-state index contributed by atoms with van der Waals surface area (Å²) in [5, 5.41) is 3.24. The highest BCUT2D eigenvalue weighted by molar-refractivity contribution is 7.89. The molecule has 0 spiro atoms. The first-order valence-corrected chi connectivity index (χ1v) is 9.25. The Labute approximate surface area is 118 Å². The molecule has 1 rings (SSSR count). The summed E-state index contributed by atoms with van der Waals surface area (Å²) in [5.41, 5.74) is 0.225. The molecule has 0 aromatic heterocycles. The van der Waals surface area contributed by atoms with Gasteiger partial charge in [0.15, 0.2) is 0 Å². The zero-order valence-electron chi connectivity index (χ0n) is 12.7. The number of hydrogen-bond acceptors (Lipinski definition) is 3. The van der Waals surface area contributed by atoms with Crippen LogP contribution in [0.4, 0.5) is 0 Å². The van der Waals surface area contributed by atoms with E-state index in [0.29, 0.717) is 19.0 Å². The second-order valence-corrected chi connectivity index (χ2v) is 8.09. The van der Waals surface area contributed by atoms with Crippen molar-refractivity contribution in [2.45, 2.75) is 65.3 Å². The van der Waals surface area contributed by atoms with Crippen molar-refractivity contribution >= 4 is 10.0 Å². The molecule has 4 nitrogen and oxygen atoms in total. The Bertz CT molecular complexity index is 346. The first kappa shape index (κ1) is 16.9. The van der Waals surface area contributed by atoms with Gasteiger partial charge in [0, 0.05) is 12.6 Å². The molecule has 0 unspecified atom stereocenters. The molecule has 2 N–H and O–H groups in total. The lowest BCUT2D eigenvalue weighted by Crippen LogP contribution is -2.37. The molecule has 0 saturated heterocycles. The predicted molar refractivity (Wildman–Crippen MR) is 80.7 cm³/mol. The molecule has 0 amide bonds. The van der Waals surface area contributed by atoms with Gasteiger partial charge in [-0.15, -0.1) is 0 Å². The summed E-state index contributed by atoms with van der Waals surface area (Å²) in [6, 6.07) is 0.414. The van der Waals surface area contributed by atoms with E-state index in [1.807, 2.05) is 0 Å². The lowest BCUT2D eigenvalue weighted by molar-refractivity contribution is 0.285. The summed E-state index contributed by atoms with van der Waals surface area (Å²) in [7, 11) is -3.11. The third-order valence-electron chi connectivity index (χ3n) is 4.22. The zero-order valence-corrected chi connectivity index (χ0v) is 13.5. The molecule has 1 aliphatic carbocycles. The Morgan fingerprint density at radius 1 is 1.21 bits per heavy atom. The van der Waals surface area contributed by atoms with Crippen LogP contribution in [0.5, 0.6) is 0 Å². The van der Waals surface area contributed by atoms with E-state index in [2.05, 4.69) is 30.8 Å². The molecule has 0 aromatic carbocycles. The smallest absolute Gasteiger partial charge is 0.211 e. The molecular formula is C14H30N2O2S. The highest BCUT2D eigenvalue weighted by Gasteiger charge is 2.32. The molecule has 1 saturated carbocycles. The fraction of sp³-hybridized carbons (Fsp3) is 1.00. The van der Waals surface area contributed by atoms with Gasteiger partial charge >= 0.3 is 0 Å². The van der Waals surface area contributed by atoms with Crippen LogP contribution in [-0.4, -0.2) is 33.3 Å². The second-order valence-electron chi connectivity index (χ2n) is 6.16. The van der Waals surface area contributed by atoms with Crippen molar-refractivity contribution < 1.29 is 8.42 Å². The van der Waals surface area contributed by atoms with Gasteiger partial charge in [-0.2, -0.15) is 0 Å². The molecule has 1 aliphatic rings. The molecule has 1 fully saturated rings. The van der Waals surface area contributed by atoms with Crippen LogP contribution in [0.2, 0.25) is 0 Å². The van der Waals surface area contributed by atoms with Crippen LogP contribution in [0.15, 0.2) is 0 Å². The van der Waals surface area contributed by atoms with Crippen molar-refractivity contribution in [2.24, 2.45) is 5.41 Å². The monoisotopic (exact) mass is 290 g/mol. The van der Waals surface area contributed by atoms with E-state index in [-0.39, 0.29) is 11.2 Å². The van der Waals surface area contributed by atoms with Gasteiger partial charge in [-0.3, -0.25) is 0 Å². The van der Waals surface area contributed by atoms with Gasteiger partial charge in [0.2, 0.25) is 10.0 Å². The second kappa shape index (κ2) is 7.60. The maximum Gasteiger partial charge on any atom is 0.211 e. The highest BCUT2D eigenvalue weighted by Crippen LogP contribution is 2.40. The van der Waals surface area contributed by atoms with Crippen LogP contribution >= 0.6 is 0 Å². The number of hydrogen-bond donors (Lipinski definition) is 2. The average Bonchev–Trinajstić information content (AvgIpc) is 2.82. The normalized spacial score (nSPS) is 19.2. The topological polar surface area (TPSA) is 58.2 Å². The van der Waals surface area contributed by atoms with Gasteiger partial charge in [-0.25, -0.2) is 13.1 Å². The fourth-order valence-electron chi connectivity index (χ4n) is 2.77. The van der Waals surface area contributed by atoms with Crippen molar-refractivity contribution in [3.05, 3.63) is 0 Å². The van der Waals surface area contributed by atoms with Gasteiger partial charge in [0.05, 0.1) is 5.75 Å². The van der Waals surface area contributed by atoms with Crippen molar-refractivity contribution in [2.75, 3.05) is 18.8 Å². The van der Waals surface area contributed by atoms with Gasteiger partial charge in [0.1, 0.15) is 0 Å². The number of nitrogens with one attached hydrogen (secondary N) is 2. The molecule has 0 atom stereocenters. The first-order valence-electron chi connectivity index (χ1n) is 7.60. The maximum atomic E-state index is 12.0. The third-order valence-corrected chi connectivity index (χ3v) is 5.63. The fourth-order valence-corrected chi connectivity index (χ4v) is 3.96. The van der Waals surface area contributed by atoms with E-state index in [0.717, 1.165) is 13.0 Å². The summed E-state index contributed by atoms with van der Waals surface area (Å²) in [6.07, 6.45) is 6.57. The minimum Gasteiger partial charge on any atom is -0.314 e. The van der Waals surface area contributed by atoms with Crippen LogP contribution in [0.1, 0.15) is 59.3 Å². The third kappa shape index (κ3) is 6.23. The van der Waals surface area contributed by atoms with Crippen molar-refractivity contribution in [3.63, 3.8) is 0 Å². The van der Waals surface area contributed by atoms with E-state index >= 15 is 0 Å². The Morgan fingerprint density at radius 2 is 1.84 bits per heavy atom. The minimum absolute atomic E-state index is 0.225. The van der Waals surface area contributed by atoms with E-state index in [4.69, 9.17) is 0 Å². The molecule has 0 radical (unpaired) electrons. The summed E-state index contributed by atoms with van der Waals surface area (Å²) in [6.45, 7) is 7.70.